The van der Waals surface area contributed by atoms with Gasteiger partial charge in [0.2, 0.25) is 0 Å². The molecule has 0 fully saturated rings. The van der Waals surface area contributed by atoms with Crippen molar-refractivity contribution in [3.05, 3.63) is 48.0 Å². The molecule has 0 saturated carbocycles. The van der Waals surface area contributed by atoms with Crippen LogP contribution in [0, 0.1) is 5.82 Å². The Morgan fingerprint density at radius 3 is 2.61 bits per heavy atom. The number of aliphatic carboxylic acids is 1. The van der Waals surface area contributed by atoms with Crippen LogP contribution in [0.25, 0.3) is 32.9 Å². The van der Waals surface area contributed by atoms with Gasteiger partial charge in [-0.3, -0.25) is 14.2 Å². The third kappa shape index (κ3) is 2.77. The molecule has 2 aromatic heterocycles. The van der Waals surface area contributed by atoms with Crippen molar-refractivity contribution in [2.24, 2.45) is 7.05 Å². The van der Waals surface area contributed by atoms with Gasteiger partial charge >= 0.3 is 12.1 Å². The zero-order chi connectivity index (χ0) is 20.2. The van der Waals surface area contributed by atoms with Gasteiger partial charge in [0.05, 0.1) is 17.2 Å². The smallest absolute Gasteiger partial charge is 0.435 e. The molecule has 0 unspecified atom stereocenters. The molecule has 0 atom stereocenters. The molecule has 2 aromatic carbocycles. The fourth-order valence-corrected chi connectivity index (χ4v) is 3.28. The Kier molecular flexibility index (Phi) is 3.88. The molecule has 0 amide bonds. The number of nitrogens with zero attached hydrogens (tertiary/aromatic N) is 4. The van der Waals surface area contributed by atoms with Crippen LogP contribution in [0.4, 0.5) is 17.6 Å². The van der Waals surface area contributed by atoms with Gasteiger partial charge in [-0.1, -0.05) is 12.1 Å². The minimum atomic E-state index is -4.84. The van der Waals surface area contributed by atoms with Gasteiger partial charge in [0.15, 0.2) is 5.69 Å². The number of fused-ring (bicyclic) bond motifs is 2. The lowest BCUT2D eigenvalue weighted by Gasteiger charge is -2.09. The number of aromatic nitrogens is 4. The van der Waals surface area contributed by atoms with Crippen molar-refractivity contribution >= 4 is 27.8 Å². The number of rotatable bonds is 3. The number of carboxylic acid groups (broad SMARTS) is 1. The summed E-state index contributed by atoms with van der Waals surface area (Å²) in [6.45, 7) is -0.751. The van der Waals surface area contributed by atoms with Crippen LogP contribution in [-0.4, -0.2) is 30.6 Å². The molecule has 6 nitrogen and oxygen atoms in total. The standard InChI is InChI=1S/C18H12F4N4O2/c1-25-14-6-11(12(19)5-9(14)7-23-25)10-3-2-4-13-16(10)17(18(20,21)22)24-26(13)8-15(27)28/h2-7H,8H2,1H3,(H,27,28). The number of carbonyl (C=O) groups is 1. The van der Waals surface area contributed by atoms with Crippen molar-refractivity contribution in [3.63, 3.8) is 0 Å². The summed E-state index contributed by atoms with van der Waals surface area (Å²) >= 11 is 0. The Labute approximate surface area is 154 Å². The molecule has 10 heteroatoms. The zero-order valence-corrected chi connectivity index (χ0v) is 14.3. The quantitative estimate of drug-likeness (QED) is 0.538. The Morgan fingerprint density at radius 2 is 1.93 bits per heavy atom. The Morgan fingerprint density at radius 1 is 1.18 bits per heavy atom. The molecule has 4 rings (SSSR count). The summed E-state index contributed by atoms with van der Waals surface area (Å²) in [5.41, 5.74) is -0.843. The lowest BCUT2D eigenvalue weighted by Crippen LogP contribution is -2.12. The van der Waals surface area contributed by atoms with E-state index in [2.05, 4.69) is 10.2 Å². The summed E-state index contributed by atoms with van der Waals surface area (Å²) in [7, 11) is 1.64. The second-order valence-electron chi connectivity index (χ2n) is 6.26. The Balaban J connectivity index is 2.08. The topological polar surface area (TPSA) is 72.9 Å². The van der Waals surface area contributed by atoms with Crippen LogP contribution in [0.15, 0.2) is 36.5 Å². The molecular formula is C18H12F4N4O2. The summed E-state index contributed by atoms with van der Waals surface area (Å²) < 4.78 is 57.8. The second kappa shape index (κ2) is 6.04. The van der Waals surface area contributed by atoms with Crippen molar-refractivity contribution in [1.82, 2.24) is 19.6 Å². The van der Waals surface area contributed by atoms with E-state index < -0.39 is 30.2 Å². The highest BCUT2D eigenvalue weighted by atomic mass is 19.4. The highest BCUT2D eigenvalue weighted by molar-refractivity contribution is 5.99. The number of benzene rings is 2. The average molecular weight is 392 g/mol. The maximum Gasteiger partial charge on any atom is 0.435 e. The largest absolute Gasteiger partial charge is 0.480 e. The molecule has 0 radical (unpaired) electrons. The summed E-state index contributed by atoms with van der Waals surface area (Å²) in [6.07, 6.45) is -3.39. The highest BCUT2D eigenvalue weighted by Crippen LogP contribution is 2.40. The SMILES string of the molecule is Cn1ncc2cc(F)c(-c3cccc4c3c(C(F)(F)F)nn4CC(=O)O)cc21. The lowest BCUT2D eigenvalue weighted by atomic mass is 9.98. The monoisotopic (exact) mass is 392 g/mol. The van der Waals surface area contributed by atoms with Crippen molar-refractivity contribution in [1.29, 1.82) is 0 Å². The number of halogens is 4. The number of aryl methyl sites for hydroxylation is 1. The van der Waals surface area contributed by atoms with E-state index in [0.29, 0.717) is 10.9 Å². The summed E-state index contributed by atoms with van der Waals surface area (Å²) in [5.74, 6) is -2.06. The van der Waals surface area contributed by atoms with E-state index in [9.17, 15) is 22.4 Å². The van der Waals surface area contributed by atoms with E-state index >= 15 is 0 Å². The van der Waals surface area contributed by atoms with Crippen LogP contribution < -0.4 is 0 Å². The number of carboxylic acids is 1. The molecule has 0 saturated heterocycles. The third-order valence-corrected chi connectivity index (χ3v) is 4.46. The molecule has 28 heavy (non-hydrogen) atoms. The molecule has 4 aromatic rings. The van der Waals surface area contributed by atoms with E-state index in [0.717, 1.165) is 4.68 Å². The van der Waals surface area contributed by atoms with E-state index in [1.165, 1.54) is 41.2 Å². The predicted octanol–water partition coefficient (Wildman–Crippen LogP) is 3.83. The first-order valence-corrected chi connectivity index (χ1v) is 8.07. The maximum atomic E-state index is 14.7. The van der Waals surface area contributed by atoms with Gasteiger partial charge < -0.3 is 5.11 Å². The first kappa shape index (κ1) is 18.0. The molecule has 0 aliphatic carbocycles. The Bertz CT molecular complexity index is 1240. The van der Waals surface area contributed by atoms with Gasteiger partial charge in [-0.15, -0.1) is 0 Å². The number of alkyl halides is 3. The molecule has 0 aliphatic heterocycles. The fraction of sp³-hybridized carbons (Fsp3) is 0.167. The van der Waals surface area contributed by atoms with E-state index in [4.69, 9.17) is 5.11 Å². The molecule has 0 aliphatic rings. The predicted molar refractivity (Wildman–Crippen MR) is 92.0 cm³/mol. The third-order valence-electron chi connectivity index (χ3n) is 4.46. The first-order chi connectivity index (χ1) is 13.2. The van der Waals surface area contributed by atoms with Gasteiger partial charge in [0, 0.05) is 23.4 Å². The molecule has 1 N–H and O–H groups in total. The van der Waals surface area contributed by atoms with Crippen LogP contribution in [-0.2, 0) is 24.6 Å². The van der Waals surface area contributed by atoms with E-state index in [1.807, 2.05) is 0 Å². The minimum Gasteiger partial charge on any atom is -0.480 e. The van der Waals surface area contributed by atoms with Crippen molar-refractivity contribution in [3.8, 4) is 11.1 Å². The minimum absolute atomic E-state index is 0.0259. The van der Waals surface area contributed by atoms with Crippen LogP contribution in [0.1, 0.15) is 5.69 Å². The summed E-state index contributed by atoms with van der Waals surface area (Å²) in [6, 6.07) is 6.73. The average Bonchev–Trinajstić information content (AvgIpc) is 3.15. The molecule has 0 bridgehead atoms. The summed E-state index contributed by atoms with van der Waals surface area (Å²) in [4.78, 5) is 11.0. The highest BCUT2D eigenvalue weighted by Gasteiger charge is 2.38. The molecule has 0 spiro atoms. The van der Waals surface area contributed by atoms with Crippen molar-refractivity contribution < 1.29 is 27.5 Å². The molecule has 2 heterocycles. The second-order valence-corrected chi connectivity index (χ2v) is 6.26. The zero-order valence-electron chi connectivity index (χ0n) is 14.3. The van der Waals surface area contributed by atoms with Crippen LogP contribution in [0.3, 0.4) is 0 Å². The van der Waals surface area contributed by atoms with Gasteiger partial charge in [0.1, 0.15) is 12.4 Å². The van der Waals surface area contributed by atoms with Crippen molar-refractivity contribution in [2.75, 3.05) is 0 Å². The first-order valence-electron chi connectivity index (χ1n) is 8.07. The summed E-state index contributed by atoms with van der Waals surface area (Å²) in [5, 5.41) is 16.6. The van der Waals surface area contributed by atoms with Crippen LogP contribution in [0.2, 0.25) is 0 Å². The van der Waals surface area contributed by atoms with Gasteiger partial charge in [-0.25, -0.2) is 4.39 Å². The van der Waals surface area contributed by atoms with E-state index in [-0.39, 0.29) is 22.0 Å². The Hall–Kier alpha value is -3.43. The number of hydrogen-bond acceptors (Lipinski definition) is 3. The maximum absolute atomic E-state index is 14.7. The van der Waals surface area contributed by atoms with Crippen molar-refractivity contribution in [2.45, 2.75) is 12.7 Å². The van der Waals surface area contributed by atoms with Gasteiger partial charge in [0.25, 0.3) is 0 Å². The lowest BCUT2D eigenvalue weighted by molar-refractivity contribution is -0.142. The van der Waals surface area contributed by atoms with Crippen LogP contribution >= 0.6 is 0 Å². The fourth-order valence-electron chi connectivity index (χ4n) is 3.28. The normalized spacial score (nSPS) is 12.2. The molecule has 144 valence electrons. The number of hydrogen-bond donors (Lipinski definition) is 1. The van der Waals surface area contributed by atoms with Gasteiger partial charge in [-0.05, 0) is 23.8 Å². The van der Waals surface area contributed by atoms with Gasteiger partial charge in [-0.2, -0.15) is 23.4 Å². The van der Waals surface area contributed by atoms with Crippen LogP contribution in [0.5, 0.6) is 0 Å². The van der Waals surface area contributed by atoms with E-state index in [1.54, 1.807) is 7.05 Å². The molecular weight excluding hydrogens is 380 g/mol.